The standard InChI is InChI=1S/C15H18F2N2S/c1-4-18-13(15-19-9(2)10(3)20-15)11-5-7-12(8-6-11)14(16)17/h5-8,13-14,18H,4H2,1-3H3. The molecule has 0 amide bonds. The van der Waals surface area contributed by atoms with Gasteiger partial charge in [0.15, 0.2) is 0 Å². The summed E-state index contributed by atoms with van der Waals surface area (Å²) in [4.78, 5) is 5.76. The molecular formula is C15H18F2N2S. The molecule has 0 bridgehead atoms. The van der Waals surface area contributed by atoms with E-state index in [0.29, 0.717) is 0 Å². The lowest BCUT2D eigenvalue weighted by Crippen LogP contribution is -2.21. The van der Waals surface area contributed by atoms with Crippen molar-refractivity contribution in [2.45, 2.75) is 33.2 Å². The lowest BCUT2D eigenvalue weighted by Gasteiger charge is -2.16. The van der Waals surface area contributed by atoms with Crippen molar-refractivity contribution in [2.75, 3.05) is 6.54 Å². The first-order valence-electron chi connectivity index (χ1n) is 6.58. The Labute approximate surface area is 121 Å². The largest absolute Gasteiger partial charge is 0.305 e. The molecule has 1 unspecified atom stereocenters. The molecule has 0 aliphatic rings. The van der Waals surface area contributed by atoms with Crippen LogP contribution in [0.1, 0.15) is 46.1 Å². The van der Waals surface area contributed by atoms with Crippen LogP contribution in [-0.4, -0.2) is 11.5 Å². The van der Waals surface area contributed by atoms with Crippen molar-refractivity contribution < 1.29 is 8.78 Å². The third-order valence-corrected chi connectivity index (χ3v) is 4.36. The fourth-order valence-electron chi connectivity index (χ4n) is 2.01. The molecular weight excluding hydrogens is 278 g/mol. The molecule has 20 heavy (non-hydrogen) atoms. The number of aryl methyl sites for hydroxylation is 2. The highest BCUT2D eigenvalue weighted by molar-refractivity contribution is 7.11. The zero-order chi connectivity index (χ0) is 14.7. The van der Waals surface area contributed by atoms with Gasteiger partial charge in [-0.3, -0.25) is 0 Å². The van der Waals surface area contributed by atoms with Gasteiger partial charge in [-0.15, -0.1) is 11.3 Å². The van der Waals surface area contributed by atoms with E-state index in [1.807, 2.05) is 20.8 Å². The van der Waals surface area contributed by atoms with Gasteiger partial charge < -0.3 is 5.32 Å². The number of alkyl halides is 2. The van der Waals surface area contributed by atoms with Gasteiger partial charge in [0.05, 0.1) is 11.7 Å². The topological polar surface area (TPSA) is 24.9 Å². The predicted molar refractivity (Wildman–Crippen MR) is 78.5 cm³/mol. The number of thiazole rings is 1. The molecule has 0 saturated carbocycles. The fraction of sp³-hybridized carbons (Fsp3) is 0.400. The molecule has 5 heteroatoms. The van der Waals surface area contributed by atoms with Crippen molar-refractivity contribution in [2.24, 2.45) is 0 Å². The van der Waals surface area contributed by atoms with Crippen molar-refractivity contribution in [1.82, 2.24) is 10.3 Å². The van der Waals surface area contributed by atoms with E-state index in [0.717, 1.165) is 22.8 Å². The molecule has 1 heterocycles. The summed E-state index contributed by atoms with van der Waals surface area (Å²) >= 11 is 1.65. The van der Waals surface area contributed by atoms with Crippen molar-refractivity contribution in [1.29, 1.82) is 0 Å². The molecule has 1 atom stereocenters. The molecule has 1 aromatic carbocycles. The Morgan fingerprint density at radius 1 is 1.15 bits per heavy atom. The molecule has 1 aromatic heterocycles. The Kier molecular flexibility index (Phi) is 4.83. The smallest absolute Gasteiger partial charge is 0.263 e. The first-order chi connectivity index (χ1) is 9.52. The molecule has 2 rings (SSSR count). The summed E-state index contributed by atoms with van der Waals surface area (Å²) in [5.41, 5.74) is 2.04. The lowest BCUT2D eigenvalue weighted by molar-refractivity contribution is 0.151. The third-order valence-electron chi connectivity index (χ3n) is 3.22. The van der Waals surface area contributed by atoms with E-state index in [1.165, 1.54) is 17.0 Å². The highest BCUT2D eigenvalue weighted by Gasteiger charge is 2.18. The average molecular weight is 296 g/mol. The maximum Gasteiger partial charge on any atom is 0.263 e. The van der Waals surface area contributed by atoms with Crippen LogP contribution in [0.3, 0.4) is 0 Å². The number of hydrogen-bond acceptors (Lipinski definition) is 3. The van der Waals surface area contributed by atoms with Gasteiger partial charge in [0.25, 0.3) is 6.43 Å². The van der Waals surface area contributed by atoms with Crippen molar-refractivity contribution >= 4 is 11.3 Å². The molecule has 108 valence electrons. The van der Waals surface area contributed by atoms with Crippen LogP contribution >= 0.6 is 11.3 Å². The summed E-state index contributed by atoms with van der Waals surface area (Å²) < 4.78 is 25.2. The average Bonchev–Trinajstić information content (AvgIpc) is 2.76. The Hall–Kier alpha value is -1.33. The number of halogens is 2. The summed E-state index contributed by atoms with van der Waals surface area (Å²) in [7, 11) is 0. The number of nitrogens with zero attached hydrogens (tertiary/aromatic N) is 1. The fourth-order valence-corrected chi connectivity index (χ4v) is 3.03. The minimum Gasteiger partial charge on any atom is -0.305 e. The zero-order valence-corrected chi connectivity index (χ0v) is 12.6. The van der Waals surface area contributed by atoms with Gasteiger partial charge in [0, 0.05) is 10.4 Å². The molecule has 0 aliphatic heterocycles. The number of rotatable bonds is 5. The second-order valence-electron chi connectivity index (χ2n) is 4.65. The van der Waals surface area contributed by atoms with Crippen LogP contribution in [0.4, 0.5) is 8.78 Å². The van der Waals surface area contributed by atoms with E-state index < -0.39 is 6.43 Å². The highest BCUT2D eigenvalue weighted by Crippen LogP contribution is 2.29. The molecule has 0 fully saturated rings. The predicted octanol–water partition coefficient (Wildman–Crippen LogP) is 4.40. The number of aromatic nitrogens is 1. The first-order valence-corrected chi connectivity index (χ1v) is 7.40. The van der Waals surface area contributed by atoms with Crippen molar-refractivity contribution in [3.8, 4) is 0 Å². The summed E-state index contributed by atoms with van der Waals surface area (Å²) in [6.07, 6.45) is -2.43. The minimum atomic E-state index is -2.43. The first kappa shape index (κ1) is 15.1. The van der Waals surface area contributed by atoms with Gasteiger partial charge in [-0.25, -0.2) is 13.8 Å². The second kappa shape index (κ2) is 6.41. The van der Waals surface area contributed by atoms with E-state index >= 15 is 0 Å². The third kappa shape index (κ3) is 3.22. The molecule has 0 radical (unpaired) electrons. The van der Waals surface area contributed by atoms with Crippen LogP contribution in [0.5, 0.6) is 0 Å². The molecule has 0 saturated heterocycles. The lowest BCUT2D eigenvalue weighted by atomic mass is 10.1. The Balaban J connectivity index is 2.32. The van der Waals surface area contributed by atoms with Crippen LogP contribution in [0, 0.1) is 13.8 Å². The van der Waals surface area contributed by atoms with Gasteiger partial charge in [-0.05, 0) is 26.0 Å². The highest BCUT2D eigenvalue weighted by atomic mass is 32.1. The molecule has 0 aliphatic carbocycles. The van der Waals surface area contributed by atoms with Crippen LogP contribution in [-0.2, 0) is 0 Å². The number of nitrogens with one attached hydrogen (secondary N) is 1. The molecule has 2 aromatic rings. The van der Waals surface area contributed by atoms with E-state index in [4.69, 9.17) is 0 Å². The monoisotopic (exact) mass is 296 g/mol. The van der Waals surface area contributed by atoms with Crippen LogP contribution < -0.4 is 5.32 Å². The van der Waals surface area contributed by atoms with E-state index in [9.17, 15) is 8.78 Å². The Morgan fingerprint density at radius 3 is 2.20 bits per heavy atom. The molecule has 2 nitrogen and oxygen atoms in total. The van der Waals surface area contributed by atoms with Crippen LogP contribution in [0.2, 0.25) is 0 Å². The van der Waals surface area contributed by atoms with Gasteiger partial charge >= 0.3 is 0 Å². The zero-order valence-electron chi connectivity index (χ0n) is 11.8. The summed E-state index contributed by atoms with van der Waals surface area (Å²) in [6.45, 7) is 6.84. The Bertz CT molecular complexity index is 544. The van der Waals surface area contributed by atoms with Crippen LogP contribution in [0.25, 0.3) is 0 Å². The SMILES string of the molecule is CCNC(c1ccc(C(F)F)cc1)c1nc(C)c(C)s1. The minimum absolute atomic E-state index is 0.0378. The van der Waals surface area contributed by atoms with Crippen molar-refractivity contribution in [3.63, 3.8) is 0 Å². The normalized spacial score (nSPS) is 12.9. The quantitative estimate of drug-likeness (QED) is 0.884. The maximum atomic E-state index is 12.6. The molecule has 1 N–H and O–H groups in total. The second-order valence-corrected chi connectivity index (χ2v) is 5.89. The summed E-state index contributed by atoms with van der Waals surface area (Å²) in [5.74, 6) is 0. The Morgan fingerprint density at radius 2 is 1.75 bits per heavy atom. The van der Waals surface area contributed by atoms with Crippen molar-refractivity contribution in [3.05, 3.63) is 51.0 Å². The van der Waals surface area contributed by atoms with Gasteiger partial charge in [-0.1, -0.05) is 31.2 Å². The van der Waals surface area contributed by atoms with Gasteiger partial charge in [-0.2, -0.15) is 0 Å². The van der Waals surface area contributed by atoms with E-state index in [1.54, 1.807) is 23.5 Å². The maximum absolute atomic E-state index is 12.6. The summed E-state index contributed by atoms with van der Waals surface area (Å²) in [6, 6.07) is 6.43. The van der Waals surface area contributed by atoms with E-state index in [2.05, 4.69) is 10.3 Å². The van der Waals surface area contributed by atoms with Crippen LogP contribution in [0.15, 0.2) is 24.3 Å². The number of hydrogen-bond donors (Lipinski definition) is 1. The van der Waals surface area contributed by atoms with E-state index in [-0.39, 0.29) is 11.6 Å². The number of benzene rings is 1. The molecule has 0 spiro atoms. The van der Waals surface area contributed by atoms with Gasteiger partial charge in [0.1, 0.15) is 5.01 Å². The van der Waals surface area contributed by atoms with Gasteiger partial charge in [0.2, 0.25) is 0 Å². The summed E-state index contributed by atoms with van der Waals surface area (Å²) in [5, 5.41) is 4.34.